The number of halogens is 1. The summed E-state index contributed by atoms with van der Waals surface area (Å²) >= 11 is 1.82. The molecule has 2 saturated heterocycles. The van der Waals surface area contributed by atoms with Gasteiger partial charge in [-0.25, -0.2) is 0 Å². The van der Waals surface area contributed by atoms with E-state index in [0.717, 1.165) is 65.0 Å². The summed E-state index contributed by atoms with van der Waals surface area (Å²) in [5.74, 6) is 1.45. The van der Waals surface area contributed by atoms with Crippen LogP contribution in [0.25, 0.3) is 0 Å². The van der Waals surface area contributed by atoms with Gasteiger partial charge in [-0.15, -0.1) is 35.3 Å². The maximum Gasteiger partial charge on any atom is 0.191 e. The molecule has 2 aliphatic heterocycles. The zero-order chi connectivity index (χ0) is 17.5. The van der Waals surface area contributed by atoms with Crippen molar-refractivity contribution in [1.82, 2.24) is 15.5 Å². The lowest BCUT2D eigenvalue weighted by Gasteiger charge is -2.37. The van der Waals surface area contributed by atoms with E-state index < -0.39 is 0 Å². The van der Waals surface area contributed by atoms with Gasteiger partial charge >= 0.3 is 0 Å². The molecule has 2 aliphatic rings. The molecule has 0 saturated carbocycles. The highest BCUT2D eigenvalue weighted by atomic mass is 127. The van der Waals surface area contributed by atoms with Gasteiger partial charge in [0.05, 0.1) is 26.4 Å². The first-order valence-corrected chi connectivity index (χ1v) is 9.97. The second-order valence-electron chi connectivity index (χ2n) is 6.66. The van der Waals surface area contributed by atoms with Gasteiger partial charge in [-0.05, 0) is 25.5 Å². The molecule has 2 atom stereocenters. The van der Waals surface area contributed by atoms with Crippen LogP contribution in [0, 0.1) is 12.8 Å². The summed E-state index contributed by atoms with van der Waals surface area (Å²) in [5, 5.41) is 6.95. The first-order valence-electron chi connectivity index (χ1n) is 9.15. The van der Waals surface area contributed by atoms with Crippen molar-refractivity contribution in [1.29, 1.82) is 0 Å². The number of hydrogen-bond donors (Lipinski definition) is 2. The van der Waals surface area contributed by atoms with Crippen LogP contribution in [0.4, 0.5) is 0 Å². The molecule has 0 spiro atoms. The first kappa shape index (κ1) is 21.9. The monoisotopic (exact) mass is 494 g/mol. The van der Waals surface area contributed by atoms with E-state index in [1.54, 1.807) is 0 Å². The largest absolute Gasteiger partial charge is 0.381 e. The number of rotatable bonds is 6. The smallest absolute Gasteiger partial charge is 0.191 e. The molecule has 6 nitrogen and oxygen atoms in total. The highest BCUT2D eigenvalue weighted by Crippen LogP contribution is 2.22. The molecule has 148 valence electrons. The Labute approximate surface area is 177 Å². The lowest BCUT2D eigenvalue weighted by atomic mass is 9.97. The summed E-state index contributed by atoms with van der Waals surface area (Å²) in [7, 11) is 1.83. The van der Waals surface area contributed by atoms with Crippen LogP contribution in [0.5, 0.6) is 0 Å². The van der Waals surface area contributed by atoms with Gasteiger partial charge in [0.15, 0.2) is 5.96 Å². The molecule has 0 aliphatic carbocycles. The molecule has 0 radical (unpaired) electrons. The molecule has 2 fully saturated rings. The van der Waals surface area contributed by atoms with E-state index in [2.05, 4.69) is 39.6 Å². The molecule has 3 rings (SSSR count). The number of morpholine rings is 1. The van der Waals surface area contributed by atoms with Crippen LogP contribution >= 0.6 is 35.3 Å². The van der Waals surface area contributed by atoms with Crippen LogP contribution < -0.4 is 10.6 Å². The third-order valence-electron chi connectivity index (χ3n) is 4.95. The van der Waals surface area contributed by atoms with Gasteiger partial charge < -0.3 is 20.1 Å². The summed E-state index contributed by atoms with van der Waals surface area (Å²) in [5.41, 5.74) is 0. The predicted octanol–water partition coefficient (Wildman–Crippen LogP) is 2.08. The standard InChI is InChI=1S/C18H30N4O2S.HI/c1-14-3-4-16(25-14)11-20-18(19-2)21-12-17(15-5-8-24-13-15)22-6-9-23-10-7-22;/h3-4,15,17H,5-13H2,1-2H3,(H2,19,20,21);1H. The fourth-order valence-corrected chi connectivity index (χ4v) is 4.36. The molecule has 1 aromatic heterocycles. The maximum atomic E-state index is 5.64. The number of aliphatic imine (C=N–C) groups is 1. The fourth-order valence-electron chi connectivity index (χ4n) is 3.53. The van der Waals surface area contributed by atoms with Gasteiger partial charge in [-0.1, -0.05) is 0 Å². The number of ether oxygens (including phenoxy) is 2. The maximum absolute atomic E-state index is 5.64. The molecule has 2 N–H and O–H groups in total. The molecule has 3 heterocycles. The van der Waals surface area contributed by atoms with Crippen molar-refractivity contribution < 1.29 is 9.47 Å². The van der Waals surface area contributed by atoms with Crippen molar-refractivity contribution in [3.63, 3.8) is 0 Å². The van der Waals surface area contributed by atoms with E-state index >= 15 is 0 Å². The highest BCUT2D eigenvalue weighted by Gasteiger charge is 2.31. The molecule has 2 unspecified atom stereocenters. The Balaban J connectivity index is 0.00000243. The van der Waals surface area contributed by atoms with Gasteiger partial charge in [0.2, 0.25) is 0 Å². The van der Waals surface area contributed by atoms with Crippen molar-refractivity contribution in [2.24, 2.45) is 10.9 Å². The second kappa shape index (κ2) is 11.4. The third kappa shape index (κ3) is 6.33. The van der Waals surface area contributed by atoms with Crippen LogP contribution in [0.3, 0.4) is 0 Å². The van der Waals surface area contributed by atoms with Crippen LogP contribution in [-0.2, 0) is 16.0 Å². The van der Waals surface area contributed by atoms with Gasteiger partial charge in [0.1, 0.15) is 0 Å². The number of nitrogens with zero attached hydrogens (tertiary/aromatic N) is 2. The first-order chi connectivity index (χ1) is 12.3. The number of thiophene rings is 1. The summed E-state index contributed by atoms with van der Waals surface area (Å²) in [4.78, 5) is 9.59. The molecular formula is C18H31IN4O2S. The molecule has 0 aromatic carbocycles. The van der Waals surface area contributed by atoms with Crippen molar-refractivity contribution in [2.45, 2.75) is 25.9 Å². The van der Waals surface area contributed by atoms with E-state index in [4.69, 9.17) is 9.47 Å². The van der Waals surface area contributed by atoms with Crippen molar-refractivity contribution in [3.05, 3.63) is 21.9 Å². The second-order valence-corrected chi connectivity index (χ2v) is 8.03. The Bertz CT molecular complexity index is 557. The van der Waals surface area contributed by atoms with E-state index in [1.165, 1.54) is 9.75 Å². The Morgan fingerprint density at radius 1 is 1.27 bits per heavy atom. The average Bonchev–Trinajstić information content (AvgIpc) is 3.31. The highest BCUT2D eigenvalue weighted by molar-refractivity contribution is 14.0. The lowest BCUT2D eigenvalue weighted by Crippen LogP contribution is -2.53. The lowest BCUT2D eigenvalue weighted by molar-refractivity contribution is 0.00246. The minimum atomic E-state index is 0. The molecule has 8 heteroatoms. The minimum absolute atomic E-state index is 0. The van der Waals surface area contributed by atoms with Gasteiger partial charge in [0, 0.05) is 55.0 Å². The van der Waals surface area contributed by atoms with Crippen molar-refractivity contribution in [3.8, 4) is 0 Å². The van der Waals surface area contributed by atoms with Crippen molar-refractivity contribution >= 4 is 41.3 Å². The number of aryl methyl sites for hydroxylation is 1. The fraction of sp³-hybridized carbons (Fsp3) is 0.722. The Morgan fingerprint density at radius 3 is 2.69 bits per heavy atom. The van der Waals surface area contributed by atoms with Crippen LogP contribution in [0.2, 0.25) is 0 Å². The zero-order valence-corrected chi connectivity index (χ0v) is 18.8. The topological polar surface area (TPSA) is 58.1 Å². The summed E-state index contributed by atoms with van der Waals surface area (Å²) in [6, 6.07) is 4.80. The molecule has 1 aromatic rings. The zero-order valence-electron chi connectivity index (χ0n) is 15.7. The van der Waals surface area contributed by atoms with Crippen LogP contribution in [0.1, 0.15) is 16.2 Å². The van der Waals surface area contributed by atoms with Gasteiger partial charge in [-0.2, -0.15) is 0 Å². The number of guanidine groups is 1. The average molecular weight is 494 g/mol. The molecule has 0 amide bonds. The normalized spacial score (nSPS) is 22.7. The molecule has 26 heavy (non-hydrogen) atoms. The summed E-state index contributed by atoms with van der Waals surface area (Å²) in [6.45, 7) is 9.25. The van der Waals surface area contributed by atoms with Crippen molar-refractivity contribution in [2.75, 3.05) is 53.1 Å². The predicted molar refractivity (Wildman–Crippen MR) is 118 cm³/mol. The SMILES string of the molecule is CN=C(NCc1ccc(C)s1)NCC(C1CCOC1)N1CCOCC1.I. The Kier molecular flexibility index (Phi) is 9.62. The van der Waals surface area contributed by atoms with Gasteiger partial charge in [0.25, 0.3) is 0 Å². The van der Waals surface area contributed by atoms with Gasteiger partial charge in [-0.3, -0.25) is 9.89 Å². The van der Waals surface area contributed by atoms with E-state index in [9.17, 15) is 0 Å². The van der Waals surface area contributed by atoms with E-state index in [0.29, 0.717) is 12.0 Å². The van der Waals surface area contributed by atoms with E-state index in [1.807, 2.05) is 18.4 Å². The summed E-state index contributed by atoms with van der Waals surface area (Å²) in [6.07, 6.45) is 1.14. The number of nitrogens with one attached hydrogen (secondary N) is 2. The Hall–Kier alpha value is -0.420. The van der Waals surface area contributed by atoms with Crippen LogP contribution in [0.15, 0.2) is 17.1 Å². The summed E-state index contributed by atoms with van der Waals surface area (Å²) < 4.78 is 11.2. The van der Waals surface area contributed by atoms with Crippen LogP contribution in [-0.4, -0.2) is 70.0 Å². The molecular weight excluding hydrogens is 463 g/mol. The number of hydrogen-bond acceptors (Lipinski definition) is 5. The van der Waals surface area contributed by atoms with E-state index in [-0.39, 0.29) is 24.0 Å². The quantitative estimate of drug-likeness (QED) is 0.361. The molecule has 0 bridgehead atoms. The Morgan fingerprint density at radius 2 is 2.08 bits per heavy atom. The minimum Gasteiger partial charge on any atom is -0.381 e. The third-order valence-corrected chi connectivity index (χ3v) is 5.95.